The van der Waals surface area contributed by atoms with Crippen LogP contribution in [0.25, 0.3) is 16.8 Å². The van der Waals surface area contributed by atoms with Gasteiger partial charge in [0.15, 0.2) is 5.11 Å². The van der Waals surface area contributed by atoms with Crippen molar-refractivity contribution in [3.63, 3.8) is 0 Å². The molecular weight excluding hydrogens is 440 g/mol. The van der Waals surface area contributed by atoms with Crippen molar-refractivity contribution in [3.05, 3.63) is 93.0 Å². The van der Waals surface area contributed by atoms with Crippen LogP contribution in [0.1, 0.15) is 15.9 Å². The van der Waals surface area contributed by atoms with Crippen LogP contribution in [0.5, 0.6) is 0 Å². The van der Waals surface area contributed by atoms with Crippen LogP contribution < -0.4 is 16.2 Å². The van der Waals surface area contributed by atoms with E-state index >= 15 is 0 Å². The Morgan fingerprint density at radius 2 is 1.77 bits per heavy atom. The molecule has 8 nitrogen and oxygen atoms in total. The summed E-state index contributed by atoms with van der Waals surface area (Å²) in [5, 5.41) is 15.1. The molecule has 0 radical (unpaired) electrons. The number of hydrogen-bond acceptors (Lipinski definition) is 5. The molecule has 0 unspecified atom stereocenters. The summed E-state index contributed by atoms with van der Waals surface area (Å²) in [5.74, 6) is -1.19. The molecule has 0 saturated heterocycles. The molecule has 3 aromatic carbocycles. The van der Waals surface area contributed by atoms with Crippen LogP contribution in [0.3, 0.4) is 0 Å². The van der Waals surface area contributed by atoms with E-state index < -0.39 is 22.4 Å². The third kappa shape index (κ3) is 5.62. The maximum Gasteiger partial charge on any atom is 0.288 e. The summed E-state index contributed by atoms with van der Waals surface area (Å²) in [5.41, 5.74) is 5.08. The van der Waals surface area contributed by atoms with E-state index in [0.717, 1.165) is 22.4 Å². The predicted molar refractivity (Wildman–Crippen MR) is 122 cm³/mol. The molecule has 0 aliphatic heterocycles. The second-order valence-electron chi connectivity index (χ2n) is 6.22. The van der Waals surface area contributed by atoms with Crippen LogP contribution in [-0.4, -0.2) is 21.9 Å². The molecule has 10 heteroatoms. The second kappa shape index (κ2) is 9.79. The minimum absolute atomic E-state index is 0.00595. The number of fused-ring (bicyclic) bond motifs is 1. The predicted octanol–water partition coefficient (Wildman–Crippen LogP) is 3.75. The van der Waals surface area contributed by atoms with Gasteiger partial charge >= 0.3 is 0 Å². The molecular formula is C21H15ClN4O4S. The lowest BCUT2D eigenvalue weighted by molar-refractivity contribution is -0.384. The van der Waals surface area contributed by atoms with E-state index in [1.807, 2.05) is 42.5 Å². The van der Waals surface area contributed by atoms with Crippen molar-refractivity contribution in [2.24, 2.45) is 0 Å². The average molecular weight is 455 g/mol. The SMILES string of the molecule is O=C(/C=C/c1cccc2ccccc12)NC(=S)NNC(=O)c1ccc(Cl)c([N+](=O)[O-])c1. The third-order valence-electron chi connectivity index (χ3n) is 4.17. The van der Waals surface area contributed by atoms with Crippen LogP contribution in [0.2, 0.25) is 5.02 Å². The first-order valence-electron chi connectivity index (χ1n) is 8.86. The van der Waals surface area contributed by atoms with Gasteiger partial charge in [-0.1, -0.05) is 54.1 Å². The molecule has 0 atom stereocenters. The van der Waals surface area contributed by atoms with Crippen molar-refractivity contribution in [2.75, 3.05) is 0 Å². The number of nitro groups is 1. The molecule has 3 rings (SSSR count). The van der Waals surface area contributed by atoms with Gasteiger partial charge in [0.05, 0.1) is 4.92 Å². The maximum atomic E-state index is 12.1. The first kappa shape index (κ1) is 21.9. The number of amides is 2. The molecule has 0 aliphatic carbocycles. The van der Waals surface area contributed by atoms with Crippen molar-refractivity contribution in [3.8, 4) is 0 Å². The van der Waals surface area contributed by atoms with Crippen LogP contribution in [0.15, 0.2) is 66.7 Å². The molecule has 0 spiro atoms. The van der Waals surface area contributed by atoms with Crippen LogP contribution in [0.4, 0.5) is 5.69 Å². The van der Waals surface area contributed by atoms with Gasteiger partial charge in [-0.3, -0.25) is 35.9 Å². The Labute approximate surface area is 187 Å². The largest absolute Gasteiger partial charge is 0.298 e. The van der Waals surface area contributed by atoms with Gasteiger partial charge in [-0.15, -0.1) is 0 Å². The fourth-order valence-electron chi connectivity index (χ4n) is 2.73. The highest BCUT2D eigenvalue weighted by molar-refractivity contribution is 7.80. The number of nitrogens with zero attached hydrogens (tertiary/aromatic N) is 1. The zero-order valence-corrected chi connectivity index (χ0v) is 17.4. The number of halogens is 1. The molecule has 31 heavy (non-hydrogen) atoms. The first-order valence-corrected chi connectivity index (χ1v) is 9.65. The van der Waals surface area contributed by atoms with Crippen molar-refractivity contribution in [1.82, 2.24) is 16.2 Å². The average Bonchev–Trinajstić information content (AvgIpc) is 2.76. The molecule has 0 bridgehead atoms. The van der Waals surface area contributed by atoms with Gasteiger partial charge < -0.3 is 0 Å². The summed E-state index contributed by atoms with van der Waals surface area (Å²) in [6.45, 7) is 0. The lowest BCUT2D eigenvalue weighted by atomic mass is 10.0. The van der Waals surface area contributed by atoms with Crippen LogP contribution in [0, 0.1) is 10.1 Å². The van der Waals surface area contributed by atoms with E-state index in [9.17, 15) is 19.7 Å². The van der Waals surface area contributed by atoms with Crippen molar-refractivity contribution >= 4 is 63.3 Å². The summed E-state index contributed by atoms with van der Waals surface area (Å²) < 4.78 is 0. The molecule has 3 aromatic rings. The fourth-order valence-corrected chi connectivity index (χ4v) is 3.06. The molecule has 0 aromatic heterocycles. The highest BCUT2D eigenvalue weighted by atomic mass is 35.5. The standard InChI is InChI=1S/C21H15ClN4O4S/c22-17-10-8-15(12-18(17)26(29)30)20(28)24-25-21(31)23-19(27)11-9-14-6-3-5-13-4-1-2-7-16(13)14/h1-12H,(H,24,28)(H2,23,25,27,31)/b11-9+. The van der Waals surface area contributed by atoms with Gasteiger partial charge in [0.2, 0.25) is 5.91 Å². The van der Waals surface area contributed by atoms with E-state index in [4.69, 9.17) is 23.8 Å². The zero-order chi connectivity index (χ0) is 22.4. The number of benzene rings is 3. The van der Waals surface area contributed by atoms with E-state index in [1.165, 1.54) is 18.2 Å². The smallest absolute Gasteiger partial charge is 0.288 e. The number of hydrogen-bond donors (Lipinski definition) is 3. The van der Waals surface area contributed by atoms with Crippen molar-refractivity contribution < 1.29 is 14.5 Å². The Bertz CT molecular complexity index is 1220. The molecule has 3 N–H and O–H groups in total. The number of nitrogens with one attached hydrogen (secondary N) is 3. The topological polar surface area (TPSA) is 113 Å². The maximum absolute atomic E-state index is 12.1. The number of nitro benzene ring substituents is 1. The normalized spacial score (nSPS) is 10.6. The Morgan fingerprint density at radius 3 is 2.55 bits per heavy atom. The highest BCUT2D eigenvalue weighted by Crippen LogP contribution is 2.25. The minimum atomic E-state index is -0.695. The van der Waals surface area contributed by atoms with Gasteiger partial charge in [0, 0.05) is 17.7 Å². The van der Waals surface area contributed by atoms with Crippen molar-refractivity contribution in [1.29, 1.82) is 0 Å². The fraction of sp³-hybridized carbons (Fsp3) is 0. The van der Waals surface area contributed by atoms with E-state index in [1.54, 1.807) is 6.08 Å². The van der Waals surface area contributed by atoms with Gasteiger partial charge in [-0.05, 0) is 46.8 Å². The summed E-state index contributed by atoms with van der Waals surface area (Å²) in [6.07, 6.45) is 2.98. The minimum Gasteiger partial charge on any atom is -0.298 e. The molecule has 0 fully saturated rings. The van der Waals surface area contributed by atoms with Gasteiger partial charge in [0.25, 0.3) is 11.6 Å². The second-order valence-corrected chi connectivity index (χ2v) is 7.04. The molecule has 2 amide bonds. The lowest BCUT2D eigenvalue weighted by Gasteiger charge is -2.10. The quantitative estimate of drug-likeness (QED) is 0.239. The van der Waals surface area contributed by atoms with Gasteiger partial charge in [-0.25, -0.2) is 0 Å². The molecule has 0 saturated carbocycles. The Kier molecular flexibility index (Phi) is 6.91. The number of carbonyl (C=O) groups is 2. The lowest BCUT2D eigenvalue weighted by Crippen LogP contribution is -2.48. The number of hydrazine groups is 1. The van der Waals surface area contributed by atoms with Gasteiger partial charge in [-0.2, -0.15) is 0 Å². The Balaban J connectivity index is 1.56. The van der Waals surface area contributed by atoms with E-state index in [0.29, 0.717) is 0 Å². The van der Waals surface area contributed by atoms with E-state index in [2.05, 4.69) is 16.2 Å². The monoisotopic (exact) mass is 454 g/mol. The first-order chi connectivity index (χ1) is 14.8. The number of carbonyl (C=O) groups excluding carboxylic acids is 2. The summed E-state index contributed by atoms with van der Waals surface area (Å²) in [4.78, 5) is 34.5. The molecule has 156 valence electrons. The number of thiocarbonyl (C=S) groups is 1. The van der Waals surface area contributed by atoms with Crippen molar-refractivity contribution in [2.45, 2.75) is 0 Å². The van der Waals surface area contributed by atoms with E-state index in [-0.39, 0.29) is 15.7 Å². The summed E-state index contributed by atoms with van der Waals surface area (Å²) in [6, 6.07) is 17.1. The van der Waals surface area contributed by atoms with Crippen LogP contribution in [-0.2, 0) is 4.79 Å². The Hall–Kier alpha value is -3.82. The zero-order valence-electron chi connectivity index (χ0n) is 15.8. The molecule has 0 heterocycles. The summed E-state index contributed by atoms with van der Waals surface area (Å²) in [7, 11) is 0. The summed E-state index contributed by atoms with van der Waals surface area (Å²) >= 11 is 10.7. The van der Waals surface area contributed by atoms with Gasteiger partial charge in [0.1, 0.15) is 5.02 Å². The van der Waals surface area contributed by atoms with Crippen LogP contribution >= 0.6 is 23.8 Å². The third-order valence-corrected chi connectivity index (χ3v) is 4.69. The molecule has 0 aliphatic rings. The Morgan fingerprint density at radius 1 is 1.03 bits per heavy atom. The number of rotatable bonds is 4. The highest BCUT2D eigenvalue weighted by Gasteiger charge is 2.16.